The molecule has 33 heavy (non-hydrogen) atoms. The van der Waals surface area contributed by atoms with Crippen LogP contribution in [0.4, 0.5) is 5.82 Å². The number of aryl methyl sites for hydroxylation is 1. The highest BCUT2D eigenvalue weighted by Gasteiger charge is 2.69. The third kappa shape index (κ3) is 3.51. The molecular formula is C23H23N5O5. The van der Waals surface area contributed by atoms with E-state index >= 15 is 0 Å². The minimum absolute atomic E-state index is 0.318. The minimum atomic E-state index is -1.59. The molecule has 0 amide bonds. The molecule has 170 valence electrons. The molecule has 10 nitrogen and oxygen atoms in total. The van der Waals surface area contributed by atoms with E-state index in [2.05, 4.69) is 14.9 Å². The topological polar surface area (TPSA) is 115 Å². The Labute approximate surface area is 190 Å². The zero-order valence-electron chi connectivity index (χ0n) is 18.4. The fourth-order valence-electron chi connectivity index (χ4n) is 4.31. The van der Waals surface area contributed by atoms with Crippen molar-refractivity contribution in [2.24, 2.45) is 0 Å². The molecule has 2 fully saturated rings. The number of rotatable bonds is 4. The standard InChI is InChI=1S/C23H23N5O5/c1-13-5-7-14(8-6-13)21(29)30-11-23(25-4)19-18(31-22(2,3)33-19)17(32-23)15-9-10-16-20(24)26-12-27-28(15)16/h5-10,12,17-19H,11H2,1-3H3,(H2,24,26,27)/t17-,18-,19-,23+/m0/s1. The molecule has 2 N–H and O–H groups in total. The number of fused-ring (bicyclic) bond motifs is 2. The van der Waals surface area contributed by atoms with Crippen molar-refractivity contribution in [2.75, 3.05) is 12.3 Å². The van der Waals surface area contributed by atoms with Gasteiger partial charge in [0, 0.05) is 0 Å². The van der Waals surface area contributed by atoms with Crippen LogP contribution in [-0.4, -0.2) is 50.9 Å². The molecule has 0 radical (unpaired) electrons. The van der Waals surface area contributed by atoms with E-state index < -0.39 is 35.8 Å². The van der Waals surface area contributed by atoms with E-state index in [0.29, 0.717) is 22.6 Å². The molecule has 4 heterocycles. The normalized spacial score (nSPS) is 27.9. The first-order chi connectivity index (χ1) is 15.7. The zero-order chi connectivity index (χ0) is 23.4. The molecule has 3 aromatic rings. The second-order valence-corrected chi connectivity index (χ2v) is 8.66. The molecule has 4 atom stereocenters. The zero-order valence-corrected chi connectivity index (χ0v) is 18.4. The second-order valence-electron chi connectivity index (χ2n) is 8.66. The van der Waals surface area contributed by atoms with E-state index in [-0.39, 0.29) is 6.61 Å². The van der Waals surface area contributed by atoms with Crippen LogP contribution >= 0.6 is 0 Å². The molecule has 2 aromatic heterocycles. The van der Waals surface area contributed by atoms with E-state index in [1.165, 1.54) is 6.33 Å². The maximum Gasteiger partial charge on any atom is 0.400 e. The summed E-state index contributed by atoms with van der Waals surface area (Å²) in [5.74, 6) is -1.18. The molecule has 0 aliphatic carbocycles. The van der Waals surface area contributed by atoms with Crippen molar-refractivity contribution >= 4 is 17.3 Å². The lowest BCUT2D eigenvalue weighted by molar-refractivity contribution is -0.207. The number of carbonyl (C=O) groups is 1. The van der Waals surface area contributed by atoms with Gasteiger partial charge in [-0.3, -0.25) is 9.58 Å². The summed E-state index contributed by atoms with van der Waals surface area (Å²) >= 11 is 0. The Hall–Kier alpha value is -3.52. The predicted octanol–water partition coefficient (Wildman–Crippen LogP) is 2.68. The van der Waals surface area contributed by atoms with Crippen LogP contribution in [0.3, 0.4) is 0 Å². The summed E-state index contributed by atoms with van der Waals surface area (Å²) in [6.07, 6.45) is -0.771. The highest BCUT2D eigenvalue weighted by Crippen LogP contribution is 2.50. The van der Waals surface area contributed by atoms with Gasteiger partial charge in [0.05, 0.1) is 11.3 Å². The van der Waals surface area contributed by atoms with Crippen molar-refractivity contribution in [2.45, 2.75) is 50.6 Å². The number of anilines is 1. The number of esters is 1. The molecule has 1 aromatic carbocycles. The van der Waals surface area contributed by atoms with Crippen LogP contribution in [0.2, 0.25) is 0 Å². The average Bonchev–Trinajstić information content (AvgIpc) is 3.43. The Bertz CT molecular complexity index is 1260. The van der Waals surface area contributed by atoms with E-state index in [1.807, 2.05) is 19.1 Å². The molecule has 0 saturated carbocycles. The number of hydrogen-bond donors (Lipinski definition) is 1. The fourth-order valence-corrected chi connectivity index (χ4v) is 4.31. The summed E-state index contributed by atoms with van der Waals surface area (Å²) in [7, 11) is 0. The summed E-state index contributed by atoms with van der Waals surface area (Å²) in [5, 5.41) is 4.28. The van der Waals surface area contributed by atoms with Gasteiger partial charge in [-0.15, -0.1) is 0 Å². The highest BCUT2D eigenvalue weighted by atomic mass is 16.8. The van der Waals surface area contributed by atoms with Crippen LogP contribution in [0.15, 0.2) is 42.7 Å². The highest BCUT2D eigenvalue weighted by molar-refractivity contribution is 5.89. The van der Waals surface area contributed by atoms with Crippen molar-refractivity contribution in [3.8, 4) is 0 Å². The number of benzene rings is 1. The largest absolute Gasteiger partial charge is 0.450 e. The van der Waals surface area contributed by atoms with Gasteiger partial charge in [0.15, 0.2) is 24.3 Å². The Balaban J connectivity index is 1.47. The van der Waals surface area contributed by atoms with Gasteiger partial charge in [-0.2, -0.15) is 5.10 Å². The van der Waals surface area contributed by atoms with E-state index in [0.717, 1.165) is 5.56 Å². The molecule has 10 heteroatoms. The smallest absolute Gasteiger partial charge is 0.400 e. The van der Waals surface area contributed by atoms with Crippen molar-refractivity contribution in [1.82, 2.24) is 14.6 Å². The lowest BCUT2D eigenvalue weighted by Crippen LogP contribution is -2.45. The maximum atomic E-state index is 12.6. The first-order valence-electron chi connectivity index (χ1n) is 10.5. The molecule has 5 rings (SSSR count). The molecule has 2 aliphatic rings. The molecular weight excluding hydrogens is 426 g/mol. The van der Waals surface area contributed by atoms with Crippen LogP contribution in [0, 0.1) is 13.5 Å². The van der Waals surface area contributed by atoms with Crippen molar-refractivity contribution < 1.29 is 23.7 Å². The van der Waals surface area contributed by atoms with Crippen LogP contribution in [-0.2, 0) is 18.9 Å². The Kier molecular flexibility index (Phi) is 4.86. The van der Waals surface area contributed by atoms with Gasteiger partial charge in [-0.1, -0.05) is 17.7 Å². The first kappa shape index (κ1) is 21.3. The molecule has 2 saturated heterocycles. The van der Waals surface area contributed by atoms with E-state index in [4.69, 9.17) is 31.3 Å². The van der Waals surface area contributed by atoms with Crippen molar-refractivity contribution in [1.29, 1.82) is 0 Å². The summed E-state index contributed by atoms with van der Waals surface area (Å²) in [4.78, 5) is 20.4. The van der Waals surface area contributed by atoms with Crippen LogP contribution in [0.25, 0.3) is 10.4 Å². The lowest BCUT2D eigenvalue weighted by atomic mass is 10.0. The van der Waals surface area contributed by atoms with E-state index in [1.54, 1.807) is 42.6 Å². The SMILES string of the molecule is [C-]#[N+][C@]1(COC(=O)c2ccc(C)cc2)O[C@@H](c2ccc3c(N)ncnn23)[C@@H]2OC(C)(C)O[C@@H]21. The monoisotopic (exact) mass is 449 g/mol. The van der Waals surface area contributed by atoms with Gasteiger partial charge in [0.25, 0.3) is 0 Å². The van der Waals surface area contributed by atoms with E-state index in [9.17, 15) is 4.79 Å². The van der Waals surface area contributed by atoms with Crippen molar-refractivity contribution in [3.05, 3.63) is 71.0 Å². The van der Waals surface area contributed by atoms with Gasteiger partial charge >= 0.3 is 11.7 Å². The molecule has 0 bridgehead atoms. The summed E-state index contributed by atoms with van der Waals surface area (Å²) < 4.78 is 25.6. The second kappa shape index (κ2) is 7.52. The van der Waals surface area contributed by atoms with Gasteiger partial charge in [-0.05, 0) is 45.0 Å². The number of ether oxygens (including phenoxy) is 4. The Morgan fingerprint density at radius 2 is 1.97 bits per heavy atom. The average molecular weight is 449 g/mol. The summed E-state index contributed by atoms with van der Waals surface area (Å²) in [6.45, 7) is 13.1. The lowest BCUT2D eigenvalue weighted by Gasteiger charge is -2.25. The minimum Gasteiger partial charge on any atom is -0.450 e. The van der Waals surface area contributed by atoms with Crippen molar-refractivity contribution in [3.63, 3.8) is 0 Å². The van der Waals surface area contributed by atoms with Gasteiger partial charge in [-0.25, -0.2) is 20.9 Å². The van der Waals surface area contributed by atoms with Gasteiger partial charge in [0.2, 0.25) is 0 Å². The summed E-state index contributed by atoms with van der Waals surface area (Å²) in [6, 6.07) is 10.6. The number of carbonyl (C=O) groups excluding carboxylic acids is 1. The maximum absolute atomic E-state index is 12.6. The van der Waals surface area contributed by atoms with Gasteiger partial charge < -0.3 is 19.9 Å². The van der Waals surface area contributed by atoms with Crippen LogP contribution in [0.5, 0.6) is 0 Å². The molecule has 0 spiro atoms. The Morgan fingerprint density at radius 3 is 2.70 bits per heavy atom. The number of nitrogen functional groups attached to an aromatic ring is 1. The number of nitrogens with two attached hydrogens (primary N) is 1. The van der Waals surface area contributed by atoms with Gasteiger partial charge in [0.1, 0.15) is 24.1 Å². The fraction of sp³-hybridized carbons (Fsp3) is 0.391. The number of aromatic nitrogens is 3. The third-order valence-electron chi connectivity index (χ3n) is 5.89. The first-order valence-corrected chi connectivity index (χ1v) is 10.5. The Morgan fingerprint density at radius 1 is 1.21 bits per heavy atom. The number of nitrogens with zero attached hydrogens (tertiary/aromatic N) is 4. The predicted molar refractivity (Wildman–Crippen MR) is 116 cm³/mol. The van der Waals surface area contributed by atoms with Crippen LogP contribution < -0.4 is 5.73 Å². The van der Waals surface area contributed by atoms with Crippen LogP contribution in [0.1, 0.15) is 41.6 Å². The molecule has 2 aliphatic heterocycles. The summed E-state index contributed by atoms with van der Waals surface area (Å²) in [5.41, 5.74) is 7.03. The quantitative estimate of drug-likeness (QED) is 0.478. The molecule has 0 unspecified atom stereocenters. The number of hydrogen-bond acceptors (Lipinski definition) is 8. The third-order valence-corrected chi connectivity index (χ3v) is 5.89.